The summed E-state index contributed by atoms with van der Waals surface area (Å²) in [4.78, 5) is 22.6. The molecule has 2 nitrogen and oxygen atoms in total. The third-order valence-electron chi connectivity index (χ3n) is 3.24. The van der Waals surface area contributed by atoms with Crippen LogP contribution in [0.25, 0.3) is 0 Å². The number of rotatable bonds is 1. The normalized spacial score (nSPS) is 30.7. The predicted molar refractivity (Wildman–Crippen MR) is 57.4 cm³/mol. The number of Topliss-reactive ketones (excluding diaryl/α,β-unsaturated/α-hetero) is 2. The van der Waals surface area contributed by atoms with Crippen LogP contribution >= 0.6 is 11.8 Å². The van der Waals surface area contributed by atoms with E-state index in [1.54, 1.807) is 0 Å². The lowest BCUT2D eigenvalue weighted by Crippen LogP contribution is -2.30. The lowest BCUT2D eigenvalue weighted by molar-refractivity contribution is -0.132. The lowest BCUT2D eigenvalue weighted by atomic mass is 9.78. The summed E-state index contributed by atoms with van der Waals surface area (Å²) < 4.78 is 0. The molecular weight excluding hydrogens is 196 g/mol. The van der Waals surface area contributed by atoms with Gasteiger partial charge in [-0.2, -0.15) is 11.8 Å². The smallest absolute Gasteiger partial charge is 0.140 e. The minimum absolute atomic E-state index is 0.168. The van der Waals surface area contributed by atoms with Gasteiger partial charge in [-0.1, -0.05) is 0 Å². The highest BCUT2D eigenvalue weighted by atomic mass is 32.2. The molecule has 0 amide bonds. The van der Waals surface area contributed by atoms with Crippen molar-refractivity contribution in [3.63, 3.8) is 0 Å². The average molecular weight is 212 g/mol. The van der Waals surface area contributed by atoms with E-state index in [-0.39, 0.29) is 18.0 Å². The van der Waals surface area contributed by atoms with Gasteiger partial charge in [-0.25, -0.2) is 0 Å². The number of hydrogen-bond donors (Lipinski definition) is 0. The van der Waals surface area contributed by atoms with E-state index in [1.165, 1.54) is 18.6 Å². The highest BCUT2D eigenvalue weighted by Crippen LogP contribution is 2.34. The molecule has 0 aromatic carbocycles. The van der Waals surface area contributed by atoms with Gasteiger partial charge in [0.05, 0.1) is 6.42 Å². The van der Waals surface area contributed by atoms with Crippen LogP contribution in [0.3, 0.4) is 0 Å². The molecule has 0 unspecified atom stereocenters. The molecule has 0 aromatic rings. The van der Waals surface area contributed by atoms with Crippen molar-refractivity contribution < 1.29 is 9.59 Å². The molecule has 1 saturated carbocycles. The van der Waals surface area contributed by atoms with Crippen LogP contribution in [-0.2, 0) is 9.59 Å². The van der Waals surface area contributed by atoms with Crippen LogP contribution in [0.15, 0.2) is 0 Å². The summed E-state index contributed by atoms with van der Waals surface area (Å²) in [6.07, 6.45) is 4.01. The Labute approximate surface area is 88.8 Å². The predicted octanol–water partition coefficient (Wildman–Crippen LogP) is 2.07. The van der Waals surface area contributed by atoms with E-state index in [0.717, 1.165) is 5.75 Å². The van der Waals surface area contributed by atoms with E-state index in [4.69, 9.17) is 0 Å². The SMILES string of the molecule is O=C1CC(=O)CC([C@H]2CCCSC2)C1. The summed E-state index contributed by atoms with van der Waals surface area (Å²) in [6, 6.07) is 0. The zero-order chi connectivity index (χ0) is 9.97. The van der Waals surface area contributed by atoms with Crippen LogP contribution in [0.1, 0.15) is 32.1 Å². The number of carbonyl (C=O) groups excluding carboxylic acids is 2. The molecule has 78 valence electrons. The minimum atomic E-state index is 0.168. The Bertz CT molecular complexity index is 228. The number of thioether (sulfide) groups is 1. The minimum Gasteiger partial charge on any atom is -0.299 e. The second kappa shape index (κ2) is 4.47. The Hall–Kier alpha value is -0.310. The molecule has 1 atom stereocenters. The highest BCUT2D eigenvalue weighted by molar-refractivity contribution is 7.99. The standard InChI is InChI=1S/C11H16O2S/c12-10-4-9(5-11(13)6-10)8-2-1-3-14-7-8/h8-9H,1-7H2/t8-/m0/s1. The Morgan fingerprint density at radius 3 is 2.36 bits per heavy atom. The van der Waals surface area contributed by atoms with Crippen LogP contribution in [0.4, 0.5) is 0 Å². The molecule has 1 aliphatic heterocycles. The molecule has 14 heavy (non-hydrogen) atoms. The molecule has 2 aliphatic rings. The van der Waals surface area contributed by atoms with Crippen molar-refractivity contribution in [2.45, 2.75) is 32.1 Å². The van der Waals surface area contributed by atoms with Gasteiger partial charge < -0.3 is 0 Å². The van der Waals surface area contributed by atoms with Gasteiger partial charge in [-0.15, -0.1) is 0 Å². The van der Waals surface area contributed by atoms with Crippen molar-refractivity contribution in [3.8, 4) is 0 Å². The second-order valence-electron chi connectivity index (χ2n) is 4.40. The van der Waals surface area contributed by atoms with Gasteiger partial charge in [0.15, 0.2) is 0 Å². The van der Waals surface area contributed by atoms with E-state index in [0.29, 0.717) is 24.7 Å². The van der Waals surface area contributed by atoms with Gasteiger partial charge in [-0.3, -0.25) is 9.59 Å². The fourth-order valence-electron chi connectivity index (χ4n) is 2.49. The Morgan fingerprint density at radius 2 is 1.79 bits per heavy atom. The molecule has 0 aromatic heterocycles. The molecule has 0 radical (unpaired) electrons. The average Bonchev–Trinajstić information content (AvgIpc) is 2.18. The quantitative estimate of drug-likeness (QED) is 0.624. The maximum absolute atomic E-state index is 11.3. The Balaban J connectivity index is 1.95. The molecule has 2 fully saturated rings. The first kappa shape index (κ1) is 10.2. The van der Waals surface area contributed by atoms with Crippen molar-refractivity contribution >= 4 is 23.3 Å². The number of carbonyl (C=O) groups is 2. The molecule has 1 saturated heterocycles. The van der Waals surface area contributed by atoms with Crippen molar-refractivity contribution in [2.75, 3.05) is 11.5 Å². The van der Waals surface area contributed by atoms with Gasteiger partial charge in [0.25, 0.3) is 0 Å². The molecule has 1 heterocycles. The van der Waals surface area contributed by atoms with Crippen LogP contribution in [-0.4, -0.2) is 23.1 Å². The van der Waals surface area contributed by atoms with Gasteiger partial charge in [-0.05, 0) is 36.2 Å². The summed E-state index contributed by atoms with van der Waals surface area (Å²) in [6.45, 7) is 0. The maximum Gasteiger partial charge on any atom is 0.140 e. The van der Waals surface area contributed by atoms with Gasteiger partial charge in [0.1, 0.15) is 11.6 Å². The monoisotopic (exact) mass is 212 g/mol. The van der Waals surface area contributed by atoms with E-state index in [9.17, 15) is 9.59 Å². The number of ketones is 2. The summed E-state index contributed by atoms with van der Waals surface area (Å²) in [5, 5.41) is 0. The van der Waals surface area contributed by atoms with E-state index < -0.39 is 0 Å². The zero-order valence-corrected chi connectivity index (χ0v) is 9.15. The van der Waals surface area contributed by atoms with Gasteiger partial charge in [0.2, 0.25) is 0 Å². The Kier molecular flexibility index (Phi) is 3.26. The first-order chi connectivity index (χ1) is 6.75. The molecule has 0 N–H and O–H groups in total. The van der Waals surface area contributed by atoms with Crippen molar-refractivity contribution in [1.82, 2.24) is 0 Å². The third kappa shape index (κ3) is 2.38. The fourth-order valence-corrected chi connectivity index (χ4v) is 3.77. The van der Waals surface area contributed by atoms with Crippen LogP contribution in [0, 0.1) is 11.8 Å². The van der Waals surface area contributed by atoms with E-state index in [1.807, 2.05) is 11.8 Å². The topological polar surface area (TPSA) is 34.1 Å². The highest BCUT2D eigenvalue weighted by Gasteiger charge is 2.31. The van der Waals surface area contributed by atoms with E-state index in [2.05, 4.69) is 0 Å². The molecule has 3 heteroatoms. The fraction of sp³-hybridized carbons (Fsp3) is 0.818. The number of hydrogen-bond acceptors (Lipinski definition) is 3. The summed E-state index contributed by atoms with van der Waals surface area (Å²) in [5.41, 5.74) is 0. The Morgan fingerprint density at radius 1 is 1.07 bits per heavy atom. The third-order valence-corrected chi connectivity index (χ3v) is 4.48. The molecule has 0 spiro atoms. The van der Waals surface area contributed by atoms with Gasteiger partial charge in [0, 0.05) is 12.8 Å². The summed E-state index contributed by atoms with van der Waals surface area (Å²) in [5.74, 6) is 3.75. The largest absolute Gasteiger partial charge is 0.299 e. The van der Waals surface area contributed by atoms with Crippen LogP contribution in [0.2, 0.25) is 0 Å². The van der Waals surface area contributed by atoms with Crippen LogP contribution < -0.4 is 0 Å². The lowest BCUT2D eigenvalue weighted by Gasteiger charge is -2.31. The summed E-state index contributed by atoms with van der Waals surface area (Å²) >= 11 is 1.98. The second-order valence-corrected chi connectivity index (χ2v) is 5.55. The van der Waals surface area contributed by atoms with Crippen molar-refractivity contribution in [2.24, 2.45) is 11.8 Å². The molecule has 1 aliphatic carbocycles. The van der Waals surface area contributed by atoms with Crippen molar-refractivity contribution in [1.29, 1.82) is 0 Å². The maximum atomic E-state index is 11.3. The first-order valence-electron chi connectivity index (χ1n) is 5.37. The van der Waals surface area contributed by atoms with E-state index >= 15 is 0 Å². The first-order valence-corrected chi connectivity index (χ1v) is 6.52. The molecular formula is C11H16O2S. The van der Waals surface area contributed by atoms with Crippen LogP contribution in [0.5, 0.6) is 0 Å². The zero-order valence-electron chi connectivity index (χ0n) is 8.33. The summed E-state index contributed by atoms with van der Waals surface area (Å²) in [7, 11) is 0. The van der Waals surface area contributed by atoms with Crippen molar-refractivity contribution in [3.05, 3.63) is 0 Å². The molecule has 2 rings (SSSR count). The van der Waals surface area contributed by atoms with Gasteiger partial charge >= 0.3 is 0 Å². The molecule has 0 bridgehead atoms.